The third kappa shape index (κ3) is 4.50. The van der Waals surface area contributed by atoms with Crippen LogP contribution in [0.15, 0.2) is 23.1 Å². The number of hydrogen-bond donors (Lipinski definition) is 2. The van der Waals surface area contributed by atoms with Crippen LogP contribution >= 0.6 is 0 Å². The van der Waals surface area contributed by atoms with Crippen molar-refractivity contribution in [2.45, 2.75) is 59.2 Å². The zero-order valence-corrected chi connectivity index (χ0v) is 17.9. The molecule has 9 heteroatoms. The zero-order valence-electron chi connectivity index (χ0n) is 17.9. The van der Waals surface area contributed by atoms with Crippen molar-refractivity contribution >= 4 is 12.2 Å². The molecule has 0 radical (unpaired) electrons. The lowest BCUT2D eigenvalue weighted by Crippen LogP contribution is -2.34. The number of aromatic nitrogens is 2. The minimum atomic E-state index is -0.659. The highest BCUT2D eigenvalue weighted by atomic mass is 16.6. The molecule has 0 saturated carbocycles. The fraction of sp³-hybridized carbons (Fsp3) is 0.476. The van der Waals surface area contributed by atoms with Gasteiger partial charge in [0, 0.05) is 43.5 Å². The minimum absolute atomic E-state index is 0.113. The zero-order chi connectivity index (χ0) is 22.0. The van der Waals surface area contributed by atoms with E-state index in [9.17, 15) is 14.4 Å². The quantitative estimate of drug-likeness (QED) is 0.780. The predicted octanol–water partition coefficient (Wildman–Crippen LogP) is 2.79. The Morgan fingerprint density at radius 2 is 1.63 bits per heavy atom. The number of carbonyl (C=O) groups is 2. The lowest BCUT2D eigenvalue weighted by Gasteiger charge is -2.14. The molecule has 1 aliphatic rings. The van der Waals surface area contributed by atoms with Crippen molar-refractivity contribution in [3.63, 3.8) is 0 Å². The number of hydrogen-bond acceptors (Lipinski definition) is 5. The van der Waals surface area contributed by atoms with E-state index in [1.165, 1.54) is 10.6 Å². The van der Waals surface area contributed by atoms with Gasteiger partial charge in [-0.3, -0.25) is 4.79 Å². The summed E-state index contributed by atoms with van der Waals surface area (Å²) >= 11 is 0. The lowest BCUT2D eigenvalue weighted by molar-refractivity contribution is 0.187. The Labute approximate surface area is 175 Å². The van der Waals surface area contributed by atoms with Crippen LogP contribution in [0.3, 0.4) is 0 Å². The summed E-state index contributed by atoms with van der Waals surface area (Å²) in [5, 5.41) is 5.36. The standard InChI is InChI=1S/C21H28N4O5/c1-12(2)22-20(27)29-18-15-7-6-9-25(15)17(14-8-10-24(5)16(26)11-14)19(18)30-21(28)23-13(3)4/h8,10-13H,6-7,9H2,1-5H3,(H,22,27)(H,23,28). The van der Waals surface area contributed by atoms with Gasteiger partial charge < -0.3 is 29.2 Å². The van der Waals surface area contributed by atoms with Gasteiger partial charge in [0.15, 0.2) is 5.75 Å². The predicted molar refractivity (Wildman–Crippen MR) is 112 cm³/mol. The van der Waals surface area contributed by atoms with Crippen LogP contribution in [0.25, 0.3) is 11.3 Å². The van der Waals surface area contributed by atoms with Crippen LogP contribution in [-0.2, 0) is 20.0 Å². The average molecular weight is 416 g/mol. The van der Waals surface area contributed by atoms with E-state index in [0.29, 0.717) is 24.2 Å². The molecule has 3 rings (SSSR count). The average Bonchev–Trinajstić information content (AvgIpc) is 3.19. The molecular weight excluding hydrogens is 388 g/mol. The summed E-state index contributed by atoms with van der Waals surface area (Å²) in [6, 6.07) is 3.01. The maximum Gasteiger partial charge on any atom is 0.413 e. The number of aryl methyl sites for hydroxylation is 1. The van der Waals surface area contributed by atoms with Gasteiger partial charge in [0.05, 0.1) is 11.4 Å². The van der Waals surface area contributed by atoms with Crippen molar-refractivity contribution in [1.29, 1.82) is 0 Å². The summed E-state index contributed by atoms with van der Waals surface area (Å²) in [5.74, 6) is 0.343. The molecule has 2 amide bonds. The van der Waals surface area contributed by atoms with Crippen LogP contribution in [0.1, 0.15) is 39.8 Å². The SMILES string of the molecule is CC(C)NC(=O)Oc1c(OC(=O)NC(C)C)c(-c2ccn(C)c(=O)c2)n2c1CCC2. The van der Waals surface area contributed by atoms with Gasteiger partial charge in [-0.1, -0.05) is 0 Å². The van der Waals surface area contributed by atoms with Crippen LogP contribution in [-0.4, -0.2) is 33.4 Å². The van der Waals surface area contributed by atoms with Gasteiger partial charge in [0.25, 0.3) is 5.56 Å². The smallest absolute Gasteiger partial charge is 0.404 e. The molecule has 0 saturated heterocycles. The van der Waals surface area contributed by atoms with Crippen LogP contribution in [0.4, 0.5) is 9.59 Å². The second kappa shape index (κ2) is 8.64. The molecule has 0 aliphatic carbocycles. The maximum absolute atomic E-state index is 12.4. The van der Waals surface area contributed by atoms with Crippen molar-refractivity contribution in [2.24, 2.45) is 7.05 Å². The molecule has 30 heavy (non-hydrogen) atoms. The highest BCUT2D eigenvalue weighted by Crippen LogP contribution is 2.46. The van der Waals surface area contributed by atoms with Crippen LogP contribution in [0.2, 0.25) is 0 Å². The topological polar surface area (TPSA) is 104 Å². The van der Waals surface area contributed by atoms with Gasteiger partial charge in [-0.15, -0.1) is 0 Å². The molecule has 0 bridgehead atoms. The number of carbonyl (C=O) groups excluding carboxylic acids is 2. The largest absolute Gasteiger partial charge is 0.413 e. The van der Waals surface area contributed by atoms with Crippen molar-refractivity contribution in [2.75, 3.05) is 0 Å². The first-order chi connectivity index (χ1) is 14.2. The molecule has 2 N–H and O–H groups in total. The van der Waals surface area contributed by atoms with E-state index in [1.807, 2.05) is 32.3 Å². The second-order valence-electron chi connectivity index (χ2n) is 7.95. The number of fused-ring (bicyclic) bond motifs is 1. The monoisotopic (exact) mass is 416 g/mol. The fourth-order valence-corrected chi connectivity index (χ4v) is 3.42. The maximum atomic E-state index is 12.4. The highest BCUT2D eigenvalue weighted by molar-refractivity contribution is 5.82. The van der Waals surface area contributed by atoms with E-state index < -0.39 is 12.2 Å². The Hall–Kier alpha value is -3.23. The molecule has 2 aromatic heterocycles. The molecule has 162 valence electrons. The molecule has 2 aromatic rings. The summed E-state index contributed by atoms with van der Waals surface area (Å²) < 4.78 is 14.6. The van der Waals surface area contributed by atoms with Crippen molar-refractivity contribution < 1.29 is 19.1 Å². The van der Waals surface area contributed by atoms with Crippen LogP contribution < -0.4 is 25.7 Å². The third-order valence-corrected chi connectivity index (χ3v) is 4.65. The molecule has 0 atom stereocenters. The molecule has 0 spiro atoms. The van der Waals surface area contributed by atoms with Gasteiger partial charge in [0.2, 0.25) is 5.75 Å². The molecule has 0 aromatic carbocycles. The first-order valence-electron chi connectivity index (χ1n) is 10.1. The molecule has 9 nitrogen and oxygen atoms in total. The molecular formula is C21H28N4O5. The fourth-order valence-electron chi connectivity index (χ4n) is 3.42. The summed E-state index contributed by atoms with van der Waals surface area (Å²) in [7, 11) is 1.66. The minimum Gasteiger partial charge on any atom is -0.404 e. The van der Waals surface area contributed by atoms with E-state index in [4.69, 9.17) is 9.47 Å². The first-order valence-corrected chi connectivity index (χ1v) is 10.1. The summed E-state index contributed by atoms with van der Waals surface area (Å²) in [4.78, 5) is 37.0. The first kappa shape index (κ1) is 21.5. The van der Waals surface area contributed by atoms with Crippen LogP contribution in [0, 0.1) is 0 Å². The number of rotatable bonds is 5. The van der Waals surface area contributed by atoms with Crippen molar-refractivity contribution in [1.82, 2.24) is 19.8 Å². The second-order valence-corrected chi connectivity index (χ2v) is 7.95. The van der Waals surface area contributed by atoms with Crippen molar-refractivity contribution in [3.8, 4) is 22.8 Å². The van der Waals surface area contributed by atoms with Gasteiger partial charge in [-0.2, -0.15) is 0 Å². The number of nitrogens with one attached hydrogen (secondary N) is 2. The van der Waals surface area contributed by atoms with E-state index >= 15 is 0 Å². The number of amides is 2. The van der Waals surface area contributed by atoms with Crippen LogP contribution in [0.5, 0.6) is 11.5 Å². The summed E-state index contributed by atoms with van der Waals surface area (Å²) in [6.07, 6.45) is 1.88. The lowest BCUT2D eigenvalue weighted by atomic mass is 10.1. The Bertz CT molecular complexity index is 1020. The van der Waals surface area contributed by atoms with Gasteiger partial charge in [-0.05, 0) is 46.6 Å². The normalized spacial score (nSPS) is 12.8. The number of ether oxygens (including phenoxy) is 2. The van der Waals surface area contributed by atoms with Crippen molar-refractivity contribution in [3.05, 3.63) is 34.4 Å². The van der Waals surface area contributed by atoms with E-state index in [2.05, 4.69) is 10.6 Å². The number of nitrogens with zero attached hydrogens (tertiary/aromatic N) is 2. The Balaban J connectivity index is 2.13. The highest BCUT2D eigenvalue weighted by Gasteiger charge is 2.32. The van der Waals surface area contributed by atoms with Gasteiger partial charge >= 0.3 is 12.2 Å². The van der Waals surface area contributed by atoms with Gasteiger partial charge in [0.1, 0.15) is 0 Å². The van der Waals surface area contributed by atoms with E-state index in [1.54, 1.807) is 19.3 Å². The van der Waals surface area contributed by atoms with E-state index in [-0.39, 0.29) is 29.1 Å². The Morgan fingerprint density at radius 3 is 2.20 bits per heavy atom. The van der Waals surface area contributed by atoms with E-state index in [0.717, 1.165) is 12.1 Å². The van der Waals surface area contributed by atoms with Gasteiger partial charge in [-0.25, -0.2) is 9.59 Å². The molecule has 0 unspecified atom stereocenters. The summed E-state index contributed by atoms with van der Waals surface area (Å²) in [6.45, 7) is 7.94. The molecule has 1 aliphatic heterocycles. The Kier molecular flexibility index (Phi) is 6.19. The third-order valence-electron chi connectivity index (χ3n) is 4.65. The molecule has 3 heterocycles. The number of pyridine rings is 1. The summed E-state index contributed by atoms with van der Waals surface area (Å²) in [5.41, 5.74) is 1.70. The molecule has 0 fully saturated rings. The Morgan fingerprint density at radius 1 is 1.03 bits per heavy atom.